The van der Waals surface area contributed by atoms with Crippen molar-refractivity contribution in [3.8, 4) is 0 Å². The van der Waals surface area contributed by atoms with Gasteiger partial charge < -0.3 is 14.8 Å². The maximum Gasteiger partial charge on any atom is 0.323 e. The molecule has 3 unspecified atom stereocenters. The van der Waals surface area contributed by atoms with Crippen molar-refractivity contribution in [2.75, 3.05) is 20.3 Å². The summed E-state index contributed by atoms with van der Waals surface area (Å²) in [6, 6.07) is -0.150. The second kappa shape index (κ2) is 4.28. The fraction of sp³-hybridized carbons (Fsp3) is 0.900. The summed E-state index contributed by atoms with van der Waals surface area (Å²) in [5.41, 5.74) is 0. The highest BCUT2D eigenvalue weighted by Crippen LogP contribution is 2.29. The molecular formula is C10H17NO3. The first-order valence-corrected chi connectivity index (χ1v) is 5.25. The van der Waals surface area contributed by atoms with E-state index in [2.05, 4.69) is 5.32 Å². The lowest BCUT2D eigenvalue weighted by Gasteiger charge is -2.22. The molecular weight excluding hydrogens is 182 g/mol. The summed E-state index contributed by atoms with van der Waals surface area (Å²) in [5.74, 6) is 0.160. The first-order valence-electron chi connectivity index (χ1n) is 5.25. The molecule has 1 N–H and O–H groups in total. The number of hydrogen-bond donors (Lipinski definition) is 1. The van der Waals surface area contributed by atoms with E-state index in [0.29, 0.717) is 5.92 Å². The minimum absolute atomic E-state index is 0.150. The molecule has 2 rings (SSSR count). The van der Waals surface area contributed by atoms with E-state index in [1.54, 1.807) is 0 Å². The number of methoxy groups -OCH3 is 1. The van der Waals surface area contributed by atoms with Crippen molar-refractivity contribution in [1.82, 2.24) is 5.32 Å². The van der Waals surface area contributed by atoms with Crippen molar-refractivity contribution in [2.24, 2.45) is 5.92 Å². The molecule has 0 aromatic heterocycles. The van der Waals surface area contributed by atoms with Crippen molar-refractivity contribution in [1.29, 1.82) is 0 Å². The molecule has 0 spiro atoms. The minimum Gasteiger partial charge on any atom is -0.468 e. The lowest BCUT2D eigenvalue weighted by atomic mass is 9.92. The van der Waals surface area contributed by atoms with Gasteiger partial charge in [0.1, 0.15) is 6.04 Å². The molecule has 4 heteroatoms. The molecule has 4 nitrogen and oxygen atoms in total. The summed E-state index contributed by atoms with van der Waals surface area (Å²) in [5, 5.41) is 3.18. The predicted octanol–water partition coefficient (Wildman–Crippen LogP) is 0.316. The number of carbonyl (C=O) groups excluding carboxylic acids is 1. The van der Waals surface area contributed by atoms with Gasteiger partial charge in [-0.2, -0.15) is 0 Å². The molecule has 2 heterocycles. The Morgan fingerprint density at radius 3 is 3.00 bits per heavy atom. The van der Waals surface area contributed by atoms with Crippen molar-refractivity contribution >= 4 is 5.97 Å². The van der Waals surface area contributed by atoms with Crippen LogP contribution in [0, 0.1) is 5.92 Å². The molecule has 0 aromatic carbocycles. The number of esters is 1. The fourth-order valence-electron chi connectivity index (χ4n) is 2.45. The van der Waals surface area contributed by atoms with Crippen LogP contribution in [0.2, 0.25) is 0 Å². The topological polar surface area (TPSA) is 47.6 Å². The van der Waals surface area contributed by atoms with Crippen molar-refractivity contribution in [3.05, 3.63) is 0 Å². The van der Waals surface area contributed by atoms with Gasteiger partial charge >= 0.3 is 5.97 Å². The van der Waals surface area contributed by atoms with Gasteiger partial charge in [0.2, 0.25) is 0 Å². The normalized spacial score (nSPS) is 37.4. The second-order valence-electron chi connectivity index (χ2n) is 3.96. The van der Waals surface area contributed by atoms with Crippen LogP contribution in [0.3, 0.4) is 0 Å². The highest BCUT2D eigenvalue weighted by atomic mass is 16.5. The van der Waals surface area contributed by atoms with E-state index in [0.717, 1.165) is 32.4 Å². The third-order valence-electron chi connectivity index (χ3n) is 3.17. The Bertz CT molecular complexity index is 213. The van der Waals surface area contributed by atoms with Gasteiger partial charge in [0.15, 0.2) is 0 Å². The van der Waals surface area contributed by atoms with Gasteiger partial charge in [-0.3, -0.25) is 4.79 Å². The molecule has 14 heavy (non-hydrogen) atoms. The fourth-order valence-corrected chi connectivity index (χ4v) is 2.45. The molecule has 3 atom stereocenters. The maximum absolute atomic E-state index is 11.4. The summed E-state index contributed by atoms with van der Waals surface area (Å²) < 4.78 is 10.4. The monoisotopic (exact) mass is 199 g/mol. The molecule has 2 aliphatic heterocycles. The molecule has 0 bridgehead atoms. The molecule has 0 radical (unpaired) electrons. The number of ether oxygens (including phenoxy) is 2. The van der Waals surface area contributed by atoms with Gasteiger partial charge in [0.05, 0.1) is 13.2 Å². The Morgan fingerprint density at radius 1 is 1.50 bits per heavy atom. The van der Waals surface area contributed by atoms with Crippen LogP contribution >= 0.6 is 0 Å². The SMILES string of the molecule is COC(=O)C1NCCC1C1CCCO1. The highest BCUT2D eigenvalue weighted by Gasteiger charge is 2.40. The Morgan fingerprint density at radius 2 is 2.36 bits per heavy atom. The first-order chi connectivity index (χ1) is 6.83. The number of nitrogens with one attached hydrogen (secondary N) is 1. The lowest BCUT2D eigenvalue weighted by Crippen LogP contribution is -2.40. The molecule has 0 aromatic rings. The molecule has 0 aliphatic carbocycles. The standard InChI is InChI=1S/C10H17NO3/c1-13-10(12)9-7(4-5-11-9)8-3-2-6-14-8/h7-9,11H,2-6H2,1H3. The van der Waals surface area contributed by atoms with E-state index in [9.17, 15) is 4.79 Å². The summed E-state index contributed by atoms with van der Waals surface area (Å²) in [6.07, 6.45) is 3.48. The first kappa shape index (κ1) is 9.93. The highest BCUT2D eigenvalue weighted by molar-refractivity contribution is 5.76. The Hall–Kier alpha value is -0.610. The predicted molar refractivity (Wildman–Crippen MR) is 50.9 cm³/mol. The second-order valence-corrected chi connectivity index (χ2v) is 3.96. The van der Waals surface area contributed by atoms with Gasteiger partial charge in [-0.15, -0.1) is 0 Å². The van der Waals surface area contributed by atoms with Gasteiger partial charge in [-0.25, -0.2) is 0 Å². The lowest BCUT2D eigenvalue weighted by molar-refractivity contribution is -0.145. The molecule has 80 valence electrons. The summed E-state index contributed by atoms with van der Waals surface area (Å²) in [6.45, 7) is 1.74. The number of rotatable bonds is 2. The van der Waals surface area contributed by atoms with E-state index >= 15 is 0 Å². The number of hydrogen-bond acceptors (Lipinski definition) is 4. The van der Waals surface area contributed by atoms with Crippen LogP contribution in [0.5, 0.6) is 0 Å². The van der Waals surface area contributed by atoms with Gasteiger partial charge in [-0.05, 0) is 25.8 Å². The molecule has 2 aliphatic rings. The van der Waals surface area contributed by atoms with Crippen molar-refractivity contribution in [3.63, 3.8) is 0 Å². The zero-order valence-corrected chi connectivity index (χ0v) is 8.49. The van der Waals surface area contributed by atoms with Crippen LogP contribution in [0.15, 0.2) is 0 Å². The van der Waals surface area contributed by atoms with E-state index < -0.39 is 0 Å². The van der Waals surface area contributed by atoms with E-state index in [-0.39, 0.29) is 18.1 Å². The van der Waals surface area contributed by atoms with Crippen LogP contribution < -0.4 is 5.32 Å². The third-order valence-corrected chi connectivity index (χ3v) is 3.17. The average Bonchev–Trinajstić information content (AvgIpc) is 2.85. The van der Waals surface area contributed by atoms with Crippen LogP contribution in [-0.2, 0) is 14.3 Å². The van der Waals surface area contributed by atoms with Gasteiger partial charge in [0, 0.05) is 12.5 Å². The Labute approximate surface area is 84.0 Å². The Kier molecular flexibility index (Phi) is 3.03. The smallest absolute Gasteiger partial charge is 0.323 e. The Balaban J connectivity index is 1.98. The molecule has 2 fully saturated rings. The summed E-state index contributed by atoms with van der Waals surface area (Å²) in [7, 11) is 1.44. The van der Waals surface area contributed by atoms with E-state index in [1.807, 2.05) is 0 Å². The van der Waals surface area contributed by atoms with E-state index in [4.69, 9.17) is 9.47 Å². The molecule has 2 saturated heterocycles. The molecule has 0 saturated carbocycles. The van der Waals surface area contributed by atoms with Crippen LogP contribution in [-0.4, -0.2) is 38.4 Å². The molecule has 0 amide bonds. The summed E-state index contributed by atoms with van der Waals surface area (Å²) in [4.78, 5) is 11.4. The van der Waals surface area contributed by atoms with Crippen molar-refractivity contribution < 1.29 is 14.3 Å². The number of carbonyl (C=O) groups is 1. The zero-order valence-electron chi connectivity index (χ0n) is 8.49. The average molecular weight is 199 g/mol. The van der Waals surface area contributed by atoms with Gasteiger partial charge in [0.25, 0.3) is 0 Å². The summed E-state index contributed by atoms with van der Waals surface area (Å²) >= 11 is 0. The van der Waals surface area contributed by atoms with Crippen LogP contribution in [0.1, 0.15) is 19.3 Å². The quantitative estimate of drug-likeness (QED) is 0.650. The van der Waals surface area contributed by atoms with Crippen LogP contribution in [0.4, 0.5) is 0 Å². The minimum atomic E-state index is -0.150. The largest absolute Gasteiger partial charge is 0.468 e. The van der Waals surface area contributed by atoms with E-state index in [1.165, 1.54) is 7.11 Å². The maximum atomic E-state index is 11.4. The zero-order chi connectivity index (χ0) is 9.97. The van der Waals surface area contributed by atoms with Gasteiger partial charge in [-0.1, -0.05) is 0 Å². The third kappa shape index (κ3) is 1.77. The van der Waals surface area contributed by atoms with Crippen molar-refractivity contribution in [2.45, 2.75) is 31.4 Å². The van der Waals surface area contributed by atoms with Crippen LogP contribution in [0.25, 0.3) is 0 Å².